The summed E-state index contributed by atoms with van der Waals surface area (Å²) in [7, 11) is 0. The van der Waals surface area contributed by atoms with Gasteiger partial charge in [-0.3, -0.25) is 43.3 Å². The number of nitrogens with one attached hydrogen (secondary N) is 3. The van der Waals surface area contributed by atoms with Crippen molar-refractivity contribution in [2.45, 2.75) is 96.3 Å². The van der Waals surface area contributed by atoms with Crippen LogP contribution in [0.25, 0.3) is 22.3 Å². The van der Waals surface area contributed by atoms with Crippen molar-refractivity contribution in [2.75, 3.05) is 26.2 Å². The number of ether oxygens (including phenoxy) is 1. The second-order valence-corrected chi connectivity index (χ2v) is 17.6. The van der Waals surface area contributed by atoms with Gasteiger partial charge >= 0.3 is 5.97 Å². The molecule has 0 unspecified atom stereocenters. The van der Waals surface area contributed by atoms with E-state index in [2.05, 4.69) is 16.0 Å². The number of ketones is 2. The van der Waals surface area contributed by atoms with Crippen molar-refractivity contribution in [1.29, 1.82) is 0 Å². The molecule has 348 valence electrons. The van der Waals surface area contributed by atoms with Gasteiger partial charge < -0.3 is 30.4 Å². The van der Waals surface area contributed by atoms with Crippen LogP contribution in [0.2, 0.25) is 0 Å². The zero-order chi connectivity index (χ0) is 47.4. The summed E-state index contributed by atoms with van der Waals surface area (Å²) in [4.78, 5) is 121. The summed E-state index contributed by atoms with van der Waals surface area (Å²) in [6, 6.07) is 14.6. The fourth-order valence-corrected chi connectivity index (χ4v) is 9.57. The molecule has 0 saturated heterocycles. The zero-order valence-corrected chi connectivity index (χ0v) is 37.2. The number of Topliss-reactive ketones (excluding diaryl/α,β-unsaturated/α-hetero) is 2. The van der Waals surface area contributed by atoms with Crippen LogP contribution < -0.4 is 21.5 Å². The highest BCUT2D eigenvalue weighted by atomic mass is 16.6. The van der Waals surface area contributed by atoms with E-state index in [1.165, 1.54) is 12.2 Å². The molecular weight excluding hydrogens is 861 g/mol. The Morgan fingerprint density at radius 1 is 0.821 bits per heavy atom. The third-order valence-corrected chi connectivity index (χ3v) is 13.2. The Bertz CT molecular complexity index is 2800. The number of unbranched alkanes of at least 4 members (excludes halogenated alkanes) is 2. The quantitative estimate of drug-likeness (QED) is 0.0500. The van der Waals surface area contributed by atoms with Gasteiger partial charge in [0.1, 0.15) is 6.61 Å². The minimum atomic E-state index is -1.93. The van der Waals surface area contributed by atoms with E-state index in [4.69, 9.17) is 9.72 Å². The zero-order valence-electron chi connectivity index (χ0n) is 37.2. The largest absolute Gasteiger partial charge is 0.458 e. The molecule has 0 saturated carbocycles. The second-order valence-electron chi connectivity index (χ2n) is 17.6. The van der Waals surface area contributed by atoms with Gasteiger partial charge in [-0.1, -0.05) is 49.7 Å². The molecule has 4 N–H and O–H groups in total. The number of carbonyl (C=O) groups is 8. The molecule has 0 fully saturated rings. The maximum Gasteiger partial charge on any atom is 0.343 e. The minimum absolute atomic E-state index is 0.0418. The summed E-state index contributed by atoms with van der Waals surface area (Å²) >= 11 is 0. The number of fused-ring (bicyclic) bond motifs is 5. The normalized spacial score (nSPS) is 17.1. The first-order chi connectivity index (χ1) is 32.2. The number of nitrogens with zero attached hydrogens (tertiary/aromatic N) is 3. The summed E-state index contributed by atoms with van der Waals surface area (Å²) < 4.78 is 6.85. The second kappa shape index (κ2) is 19.8. The van der Waals surface area contributed by atoms with Gasteiger partial charge in [-0.15, -0.1) is 0 Å². The highest BCUT2D eigenvalue weighted by Crippen LogP contribution is 2.43. The number of aliphatic hydroxyl groups is 1. The van der Waals surface area contributed by atoms with E-state index in [9.17, 15) is 48.3 Å². The number of aryl methyl sites for hydroxylation is 2. The van der Waals surface area contributed by atoms with Crippen LogP contribution in [0.1, 0.15) is 90.8 Å². The van der Waals surface area contributed by atoms with Crippen molar-refractivity contribution in [1.82, 2.24) is 30.4 Å². The smallest absolute Gasteiger partial charge is 0.343 e. The molecule has 8 rings (SSSR count). The monoisotopic (exact) mass is 912 g/mol. The molecule has 5 amide bonds. The van der Waals surface area contributed by atoms with Crippen LogP contribution >= 0.6 is 0 Å². The highest BCUT2D eigenvalue weighted by Gasteiger charge is 2.45. The fraction of sp³-hybridized carbons (Fsp3) is 0.400. The lowest BCUT2D eigenvalue weighted by atomic mass is 9.83. The van der Waals surface area contributed by atoms with Crippen LogP contribution in [-0.4, -0.2) is 92.8 Å². The third kappa shape index (κ3) is 9.73. The first-order valence-corrected chi connectivity index (χ1v) is 22.8. The summed E-state index contributed by atoms with van der Waals surface area (Å²) in [6.45, 7) is 1.02. The van der Waals surface area contributed by atoms with Crippen molar-refractivity contribution in [3.63, 3.8) is 0 Å². The number of carbonyl (C=O) groups excluding carboxylic acids is 8. The van der Waals surface area contributed by atoms with Crippen molar-refractivity contribution in [3.8, 4) is 11.4 Å². The van der Waals surface area contributed by atoms with E-state index >= 15 is 0 Å². The lowest BCUT2D eigenvalue weighted by Crippen LogP contribution is -2.44. The first-order valence-electron chi connectivity index (χ1n) is 22.8. The predicted molar refractivity (Wildman–Crippen MR) is 242 cm³/mol. The van der Waals surface area contributed by atoms with Gasteiger partial charge in [0.05, 0.1) is 48.6 Å². The van der Waals surface area contributed by atoms with E-state index in [1.807, 2.05) is 42.5 Å². The topological polar surface area (TPSA) is 240 Å². The number of pyridine rings is 2. The van der Waals surface area contributed by atoms with Gasteiger partial charge in [0.2, 0.25) is 17.7 Å². The van der Waals surface area contributed by atoms with Crippen LogP contribution in [-0.2, 0) is 87.5 Å². The molecule has 1 aliphatic carbocycles. The van der Waals surface area contributed by atoms with Crippen molar-refractivity contribution < 1.29 is 48.2 Å². The molecule has 2 atom stereocenters. The van der Waals surface area contributed by atoms with Crippen LogP contribution in [0, 0.1) is 5.92 Å². The van der Waals surface area contributed by atoms with Crippen molar-refractivity contribution in [2.24, 2.45) is 5.92 Å². The molecule has 4 aliphatic rings. The van der Waals surface area contributed by atoms with E-state index in [-0.39, 0.29) is 112 Å². The Morgan fingerprint density at radius 3 is 2.31 bits per heavy atom. The van der Waals surface area contributed by atoms with Gasteiger partial charge in [-0.2, -0.15) is 0 Å². The van der Waals surface area contributed by atoms with Crippen LogP contribution in [0.15, 0.2) is 65.5 Å². The molecule has 0 radical (unpaired) electrons. The van der Waals surface area contributed by atoms with Crippen LogP contribution in [0.3, 0.4) is 0 Å². The fourth-order valence-electron chi connectivity index (χ4n) is 9.57. The number of cyclic esters (lactones) is 1. The standard InChI is InChI=1S/C50H52N6O11/c1-2-50(66)38-23-40-46-36(27-56(40)48(64)37(38)28-67-49(50)65)35-13-9-12-34-30(15-16-39(54-46)45(34)35)21-32(57)25-53-47(63)31(20-29-10-5-3-6-11-29)22-33(58)24-51-42(60)26-52-41(59)14-7-4-8-19-55-43(61)17-18-44(55)62/h3,5-6,10-11,15-18,23,31,66H,2,4,7-9,12-14,19-22,24-28H2,1H3,(H,51,60)(H,52,59)(H,53,63)/t31-,50+/m1/s1. The highest BCUT2D eigenvalue weighted by molar-refractivity contribution is 6.12. The predicted octanol–water partition coefficient (Wildman–Crippen LogP) is 2.33. The molecule has 0 spiro atoms. The van der Waals surface area contributed by atoms with E-state index < -0.39 is 35.1 Å². The Hall–Kier alpha value is -7.14. The number of esters is 1. The lowest BCUT2D eigenvalue weighted by molar-refractivity contribution is -0.172. The van der Waals surface area contributed by atoms with Gasteiger partial charge in [0.25, 0.3) is 17.4 Å². The number of hydrogen-bond donors (Lipinski definition) is 4. The minimum Gasteiger partial charge on any atom is -0.458 e. The summed E-state index contributed by atoms with van der Waals surface area (Å²) in [5.41, 5.74) is 4.67. The molecule has 17 nitrogen and oxygen atoms in total. The van der Waals surface area contributed by atoms with Crippen LogP contribution in [0.5, 0.6) is 0 Å². The first kappa shape index (κ1) is 46.4. The molecule has 0 bridgehead atoms. The molecule has 67 heavy (non-hydrogen) atoms. The van der Waals surface area contributed by atoms with Crippen molar-refractivity contribution >= 4 is 58.0 Å². The van der Waals surface area contributed by atoms with E-state index in [0.29, 0.717) is 42.6 Å². The number of aromatic nitrogens is 2. The number of benzene rings is 2. The lowest BCUT2D eigenvalue weighted by Gasteiger charge is -2.31. The van der Waals surface area contributed by atoms with Gasteiger partial charge in [-0.25, -0.2) is 9.78 Å². The van der Waals surface area contributed by atoms with Crippen molar-refractivity contribution in [3.05, 3.63) is 110 Å². The maximum absolute atomic E-state index is 13.8. The number of amides is 5. The average Bonchev–Trinajstić information content (AvgIpc) is 3.86. The van der Waals surface area contributed by atoms with Crippen LogP contribution in [0.4, 0.5) is 0 Å². The van der Waals surface area contributed by atoms with E-state index in [1.54, 1.807) is 17.6 Å². The Labute approximate surface area is 385 Å². The summed E-state index contributed by atoms with van der Waals surface area (Å²) in [5.74, 6) is -4.37. The Balaban J connectivity index is 0.858. The SMILES string of the molecule is CC[C@@]1(O)C(=O)OCc2c1cc1n(c2=O)Cc2c-1nc1ccc(CC(=O)CNC(=O)[C@@H](CC(=O)CNC(=O)CNC(=O)CCCCCN3C(=O)C=CC3=O)Cc3ccccc3)c3c1c2CCC3. The maximum atomic E-state index is 13.8. The van der Waals surface area contributed by atoms with Gasteiger partial charge in [-0.05, 0) is 79.3 Å². The number of imide groups is 1. The Morgan fingerprint density at radius 2 is 1.55 bits per heavy atom. The van der Waals surface area contributed by atoms with Gasteiger partial charge in [0, 0.05) is 60.4 Å². The number of rotatable bonds is 20. The average molecular weight is 913 g/mol. The molecule has 2 aromatic heterocycles. The number of hydrogen-bond acceptors (Lipinski definition) is 12. The molecule has 17 heteroatoms. The molecule has 2 aromatic carbocycles. The summed E-state index contributed by atoms with van der Waals surface area (Å²) in [6.07, 6.45) is 6.59. The molecule has 4 aromatic rings. The molecule has 5 heterocycles. The Kier molecular flexibility index (Phi) is 13.7. The molecular formula is C50H52N6O11. The van der Waals surface area contributed by atoms with Gasteiger partial charge in [0.15, 0.2) is 17.2 Å². The third-order valence-electron chi connectivity index (χ3n) is 13.2. The van der Waals surface area contributed by atoms with E-state index in [0.717, 1.165) is 50.9 Å². The summed E-state index contributed by atoms with van der Waals surface area (Å²) in [5, 5.41) is 20.0. The molecule has 3 aliphatic heterocycles.